The van der Waals surface area contributed by atoms with E-state index in [1.807, 2.05) is 53.3 Å². The molecule has 6 aromatic rings. The first-order chi connectivity index (χ1) is 32.9. The number of aromatic amines is 1. The standard InChI is InChI=1S/C48H51Cl2FN12O5/c1-28(42-36(49)25-52-26-37(42)50)68-32-4-7-38-35(23-32)44(56-55-38)31-3-8-39(53-24-31)60-19-21-62(22-20-60)47(66)30-11-16-61(17-12-30)41(65)27-59-14-9-29(10-15-59)33-5-6-34-45(43(33)51)58(2)57-46(34)63-18-13-40(64)54-48(63)67/h3-8,23-26,28-30H,9-22,27H2,1-2H3,(H,55,56)(H,54,64,67)/t28-/m1/s1. The molecule has 5 amide bonds. The van der Waals surface area contributed by atoms with Gasteiger partial charge in [-0.25, -0.2) is 14.2 Å². The van der Waals surface area contributed by atoms with Crippen LogP contribution in [0.4, 0.5) is 20.8 Å². The van der Waals surface area contributed by atoms with E-state index in [0.717, 1.165) is 28.0 Å². The molecule has 4 saturated heterocycles. The zero-order valence-corrected chi connectivity index (χ0v) is 39.3. The van der Waals surface area contributed by atoms with E-state index in [2.05, 4.69) is 35.4 Å². The molecule has 2 N–H and O–H groups in total. The summed E-state index contributed by atoms with van der Waals surface area (Å²) in [5, 5.41) is 16.7. The molecule has 68 heavy (non-hydrogen) atoms. The number of nitrogens with one attached hydrogen (secondary N) is 2. The largest absolute Gasteiger partial charge is 0.486 e. The minimum absolute atomic E-state index is 0.0265. The number of urea groups is 1. The van der Waals surface area contributed by atoms with E-state index in [0.29, 0.717) is 128 Å². The van der Waals surface area contributed by atoms with Crippen molar-refractivity contribution >= 4 is 80.4 Å². The van der Waals surface area contributed by atoms with E-state index in [4.69, 9.17) is 32.9 Å². The molecule has 0 bridgehead atoms. The number of rotatable bonds is 10. The quantitative estimate of drug-likeness (QED) is 0.149. The van der Waals surface area contributed by atoms with Crippen LogP contribution < -0.4 is 19.9 Å². The maximum Gasteiger partial charge on any atom is 0.329 e. The maximum absolute atomic E-state index is 16.1. The van der Waals surface area contributed by atoms with E-state index in [9.17, 15) is 19.2 Å². The van der Waals surface area contributed by atoms with Gasteiger partial charge in [-0.05, 0) is 93.6 Å². The third-order valence-corrected chi connectivity index (χ3v) is 14.5. The Labute approximate surface area is 401 Å². The number of likely N-dealkylation sites (tertiary alicyclic amines) is 2. The number of ether oxygens (including phenoxy) is 1. The summed E-state index contributed by atoms with van der Waals surface area (Å²) < 4.78 is 23.8. The lowest BCUT2D eigenvalue weighted by atomic mass is 9.88. The van der Waals surface area contributed by atoms with Gasteiger partial charge in [-0.1, -0.05) is 29.3 Å². The highest BCUT2D eigenvalue weighted by molar-refractivity contribution is 6.35. The molecule has 0 unspecified atom stereocenters. The fourth-order valence-corrected chi connectivity index (χ4v) is 10.8. The molecule has 10 rings (SSSR count). The Morgan fingerprint density at radius 2 is 1.62 bits per heavy atom. The first-order valence-corrected chi connectivity index (χ1v) is 23.9. The minimum atomic E-state index is -0.564. The van der Waals surface area contributed by atoms with E-state index < -0.39 is 12.1 Å². The molecule has 4 aliphatic rings. The number of imide groups is 1. The van der Waals surface area contributed by atoms with Gasteiger partial charge in [0.15, 0.2) is 11.6 Å². The lowest BCUT2D eigenvalue weighted by Crippen LogP contribution is -2.52. The van der Waals surface area contributed by atoms with Crippen molar-refractivity contribution in [2.24, 2.45) is 13.0 Å². The molecule has 354 valence electrons. The van der Waals surface area contributed by atoms with Crippen molar-refractivity contribution in [3.8, 4) is 17.0 Å². The third kappa shape index (κ3) is 8.92. The van der Waals surface area contributed by atoms with Gasteiger partial charge in [0, 0.05) is 106 Å². The normalized spacial score (nSPS) is 18.4. The summed E-state index contributed by atoms with van der Waals surface area (Å²) in [4.78, 5) is 69.7. The Morgan fingerprint density at radius 3 is 2.32 bits per heavy atom. The fraction of sp³-hybridized carbons (Fsp3) is 0.417. The molecular weight excluding hydrogens is 915 g/mol. The Hall–Kier alpha value is -6.37. The second kappa shape index (κ2) is 19.0. The van der Waals surface area contributed by atoms with Crippen LogP contribution in [-0.2, 0) is 21.4 Å². The van der Waals surface area contributed by atoms with E-state index in [1.54, 1.807) is 31.6 Å². The van der Waals surface area contributed by atoms with Gasteiger partial charge in [-0.2, -0.15) is 10.2 Å². The van der Waals surface area contributed by atoms with Crippen LogP contribution in [0.5, 0.6) is 5.75 Å². The maximum atomic E-state index is 16.1. The molecule has 0 spiro atoms. The summed E-state index contributed by atoms with van der Waals surface area (Å²) in [7, 11) is 1.65. The van der Waals surface area contributed by atoms with Crippen LogP contribution in [-0.4, -0.2) is 134 Å². The first-order valence-electron chi connectivity index (χ1n) is 23.1. The molecule has 17 nitrogen and oxygen atoms in total. The number of pyridine rings is 2. The lowest BCUT2D eigenvalue weighted by molar-refractivity contribution is -0.141. The summed E-state index contributed by atoms with van der Waals surface area (Å²) in [6, 6.07) is 12.7. The Kier molecular flexibility index (Phi) is 12.7. The minimum Gasteiger partial charge on any atom is -0.486 e. The lowest BCUT2D eigenvalue weighted by Gasteiger charge is -2.39. The zero-order valence-electron chi connectivity index (χ0n) is 37.8. The fourth-order valence-electron chi connectivity index (χ4n) is 10.2. The zero-order chi connectivity index (χ0) is 47.2. The predicted octanol–water partition coefficient (Wildman–Crippen LogP) is 6.71. The van der Waals surface area contributed by atoms with Crippen molar-refractivity contribution in [1.29, 1.82) is 0 Å². The summed E-state index contributed by atoms with van der Waals surface area (Å²) in [6.07, 6.45) is 7.32. The number of carbonyl (C=O) groups is 4. The number of piperidine rings is 2. The van der Waals surface area contributed by atoms with Crippen LogP contribution in [0.2, 0.25) is 10.0 Å². The monoisotopic (exact) mass is 964 g/mol. The van der Waals surface area contributed by atoms with E-state index in [-0.39, 0.29) is 48.3 Å². The number of hydrogen-bond donors (Lipinski definition) is 2. The number of anilines is 2. The molecular formula is C48H51Cl2FN12O5. The second-order valence-corrected chi connectivity index (χ2v) is 18.9. The number of halogens is 3. The van der Waals surface area contributed by atoms with Crippen LogP contribution in [0.25, 0.3) is 33.1 Å². The molecule has 0 saturated carbocycles. The Balaban J connectivity index is 0.675. The predicted molar refractivity (Wildman–Crippen MR) is 255 cm³/mol. The molecule has 20 heteroatoms. The van der Waals surface area contributed by atoms with Gasteiger partial charge in [0.1, 0.15) is 28.9 Å². The smallest absolute Gasteiger partial charge is 0.329 e. The first kappa shape index (κ1) is 45.4. The summed E-state index contributed by atoms with van der Waals surface area (Å²) in [5.41, 5.74) is 4.05. The highest BCUT2D eigenvalue weighted by Crippen LogP contribution is 2.38. The number of aryl methyl sites for hydroxylation is 1. The molecule has 4 aliphatic heterocycles. The van der Waals surface area contributed by atoms with E-state index >= 15 is 4.39 Å². The van der Waals surface area contributed by atoms with Crippen molar-refractivity contribution in [2.45, 2.75) is 51.0 Å². The van der Waals surface area contributed by atoms with Crippen molar-refractivity contribution in [1.82, 2.24) is 50.0 Å². The molecule has 0 aliphatic carbocycles. The molecule has 4 aromatic heterocycles. The molecule has 0 radical (unpaired) electrons. The molecule has 1 atom stereocenters. The molecule has 2 aromatic carbocycles. The highest BCUT2D eigenvalue weighted by atomic mass is 35.5. The average molecular weight is 966 g/mol. The van der Waals surface area contributed by atoms with Gasteiger partial charge in [-0.15, -0.1) is 0 Å². The van der Waals surface area contributed by atoms with Crippen LogP contribution >= 0.6 is 23.2 Å². The topological polar surface area (TPSA) is 178 Å². The number of fused-ring (bicyclic) bond motifs is 2. The average Bonchev–Trinajstić information content (AvgIpc) is 3.92. The summed E-state index contributed by atoms with van der Waals surface area (Å²) in [5.74, 6) is 1.16. The highest BCUT2D eigenvalue weighted by Gasteiger charge is 2.34. The Bertz CT molecular complexity index is 2890. The van der Waals surface area contributed by atoms with Gasteiger partial charge < -0.3 is 19.4 Å². The number of hydrogen-bond acceptors (Lipinski definition) is 11. The van der Waals surface area contributed by atoms with Gasteiger partial charge in [-0.3, -0.25) is 44.3 Å². The summed E-state index contributed by atoms with van der Waals surface area (Å²) in [6.45, 7) is 7.29. The van der Waals surface area contributed by atoms with Crippen molar-refractivity contribution < 1.29 is 28.3 Å². The van der Waals surface area contributed by atoms with Crippen LogP contribution in [0.3, 0.4) is 0 Å². The van der Waals surface area contributed by atoms with Crippen molar-refractivity contribution in [2.75, 3.05) is 75.2 Å². The van der Waals surface area contributed by atoms with Gasteiger partial charge in [0.25, 0.3) is 0 Å². The number of piperazine rings is 1. The van der Waals surface area contributed by atoms with Crippen LogP contribution in [0.15, 0.2) is 61.1 Å². The number of nitrogens with zero attached hydrogens (tertiary/aromatic N) is 10. The second-order valence-electron chi connectivity index (χ2n) is 18.0. The number of amides is 5. The molecule has 4 fully saturated rings. The Morgan fingerprint density at radius 1 is 0.868 bits per heavy atom. The number of benzene rings is 2. The van der Waals surface area contributed by atoms with Gasteiger partial charge in [0.2, 0.25) is 17.7 Å². The summed E-state index contributed by atoms with van der Waals surface area (Å²) >= 11 is 12.8. The molecule has 8 heterocycles. The van der Waals surface area contributed by atoms with Crippen molar-refractivity contribution in [3.63, 3.8) is 0 Å². The number of carbonyl (C=O) groups excluding carboxylic acids is 4. The third-order valence-electron chi connectivity index (χ3n) is 13.9. The van der Waals surface area contributed by atoms with Crippen molar-refractivity contribution in [3.05, 3.63) is 88.0 Å². The van der Waals surface area contributed by atoms with Gasteiger partial charge in [0.05, 0.1) is 22.1 Å². The number of H-pyrrole nitrogens is 1. The van der Waals surface area contributed by atoms with Gasteiger partial charge >= 0.3 is 6.03 Å². The SMILES string of the molecule is C[C@@H](Oc1ccc2[nH]nc(-c3ccc(N4CCN(C(=O)C5CCN(C(=O)CN6CCC(c7ccc8c(N9CCC(=O)NC9=O)nn(C)c8c7F)CC6)CC5)CC4)nc3)c2c1)c1c(Cl)cncc1Cl. The van der Waals surface area contributed by atoms with E-state index in [1.165, 1.54) is 9.58 Å². The van der Waals surface area contributed by atoms with Crippen LogP contribution in [0, 0.1) is 11.7 Å². The van der Waals surface area contributed by atoms with Crippen LogP contribution in [0.1, 0.15) is 62.2 Å². The number of aromatic nitrogens is 6.